The zero-order chi connectivity index (χ0) is 21.6. The Balaban J connectivity index is 1.65. The lowest BCUT2D eigenvalue weighted by Gasteiger charge is -2.17. The van der Waals surface area contributed by atoms with Crippen LogP contribution in [0.25, 0.3) is 0 Å². The molecule has 0 spiro atoms. The molecule has 3 aromatic rings. The number of anilines is 2. The Morgan fingerprint density at radius 2 is 1.57 bits per heavy atom. The molecule has 7 heteroatoms. The molecule has 0 saturated heterocycles. The predicted molar refractivity (Wildman–Crippen MR) is 108 cm³/mol. The first kappa shape index (κ1) is 19.4. The molecule has 0 saturated carbocycles. The molecule has 0 radical (unpaired) electrons. The molecule has 3 amide bonds. The second kappa shape index (κ2) is 7.18. The molecule has 0 atom stereocenters. The Labute approximate surface area is 170 Å². The molecule has 0 unspecified atom stereocenters. The largest absolute Gasteiger partial charge is 0.322 e. The van der Waals surface area contributed by atoms with E-state index in [-0.39, 0.29) is 22.4 Å². The first-order chi connectivity index (χ1) is 14.3. The van der Waals surface area contributed by atoms with E-state index in [0.29, 0.717) is 5.69 Å². The minimum Gasteiger partial charge on any atom is -0.322 e. The van der Waals surface area contributed by atoms with Crippen molar-refractivity contribution in [1.82, 2.24) is 0 Å². The van der Waals surface area contributed by atoms with Gasteiger partial charge in [0.05, 0.1) is 16.8 Å². The van der Waals surface area contributed by atoms with E-state index < -0.39 is 29.4 Å². The number of halogens is 2. The number of carbonyl (C=O) groups excluding carboxylic acids is 3. The summed E-state index contributed by atoms with van der Waals surface area (Å²) in [6.45, 7) is 3.67. The van der Waals surface area contributed by atoms with Gasteiger partial charge in [-0.1, -0.05) is 12.1 Å². The van der Waals surface area contributed by atoms with E-state index in [9.17, 15) is 23.2 Å². The van der Waals surface area contributed by atoms with Crippen molar-refractivity contribution < 1.29 is 23.2 Å². The third-order valence-electron chi connectivity index (χ3n) is 4.93. The van der Waals surface area contributed by atoms with Crippen LogP contribution in [0.3, 0.4) is 0 Å². The maximum Gasteiger partial charge on any atom is 0.266 e. The summed E-state index contributed by atoms with van der Waals surface area (Å²) >= 11 is 0. The molecular formula is C23H16F2N2O3. The maximum absolute atomic E-state index is 13.4. The van der Waals surface area contributed by atoms with Gasteiger partial charge in [-0.3, -0.25) is 14.4 Å². The molecular weight excluding hydrogens is 390 g/mol. The molecule has 30 heavy (non-hydrogen) atoms. The van der Waals surface area contributed by atoms with E-state index in [0.717, 1.165) is 28.2 Å². The summed E-state index contributed by atoms with van der Waals surface area (Å²) in [4.78, 5) is 39.4. The topological polar surface area (TPSA) is 66.5 Å². The number of imide groups is 1. The maximum atomic E-state index is 13.4. The number of fused-ring (bicyclic) bond motifs is 1. The van der Waals surface area contributed by atoms with Gasteiger partial charge >= 0.3 is 0 Å². The highest BCUT2D eigenvalue weighted by Gasteiger charge is 2.37. The fourth-order valence-corrected chi connectivity index (χ4v) is 3.34. The van der Waals surface area contributed by atoms with E-state index in [4.69, 9.17) is 0 Å². The van der Waals surface area contributed by atoms with Crippen LogP contribution in [0, 0.1) is 25.5 Å². The molecule has 0 aliphatic carbocycles. The first-order valence-corrected chi connectivity index (χ1v) is 9.13. The summed E-state index contributed by atoms with van der Waals surface area (Å²) < 4.78 is 26.4. The SMILES string of the molecule is Cc1ccc(C)c(N2C(=O)c3ccc(C(=O)Nc4ccc(F)c(F)c4)cc3C2=O)c1. The van der Waals surface area contributed by atoms with Crippen molar-refractivity contribution in [2.45, 2.75) is 13.8 Å². The van der Waals surface area contributed by atoms with Crippen LogP contribution in [0.4, 0.5) is 20.2 Å². The second-order valence-electron chi connectivity index (χ2n) is 7.08. The van der Waals surface area contributed by atoms with Crippen LogP contribution < -0.4 is 10.2 Å². The second-order valence-corrected chi connectivity index (χ2v) is 7.08. The molecule has 150 valence electrons. The number of nitrogens with zero attached hydrogens (tertiary/aromatic N) is 1. The number of aryl methyl sites for hydroxylation is 2. The minimum absolute atomic E-state index is 0.0683. The van der Waals surface area contributed by atoms with Gasteiger partial charge < -0.3 is 5.32 Å². The van der Waals surface area contributed by atoms with Crippen molar-refractivity contribution in [2.24, 2.45) is 0 Å². The quantitative estimate of drug-likeness (QED) is 0.645. The van der Waals surface area contributed by atoms with Crippen LogP contribution >= 0.6 is 0 Å². The summed E-state index contributed by atoms with van der Waals surface area (Å²) in [7, 11) is 0. The minimum atomic E-state index is -1.09. The number of carbonyl (C=O) groups is 3. The Morgan fingerprint density at radius 1 is 0.833 bits per heavy atom. The van der Waals surface area contributed by atoms with Crippen molar-refractivity contribution in [3.05, 3.63) is 94.0 Å². The zero-order valence-electron chi connectivity index (χ0n) is 16.1. The first-order valence-electron chi connectivity index (χ1n) is 9.13. The molecule has 1 N–H and O–H groups in total. The lowest BCUT2D eigenvalue weighted by atomic mass is 10.1. The summed E-state index contributed by atoms with van der Waals surface area (Å²) in [6, 6.07) is 12.6. The third kappa shape index (κ3) is 3.24. The standard InChI is InChI=1S/C23H16F2N2O3/c1-12-3-4-13(2)20(9-12)27-22(29)16-7-5-14(10-17(16)23(27)30)21(28)26-15-6-8-18(24)19(25)11-15/h3-11H,1-2H3,(H,26,28). The van der Waals surface area contributed by atoms with Gasteiger partial charge in [0.2, 0.25) is 0 Å². The van der Waals surface area contributed by atoms with Gasteiger partial charge in [-0.05, 0) is 61.4 Å². The fourth-order valence-electron chi connectivity index (χ4n) is 3.34. The number of benzene rings is 3. The van der Waals surface area contributed by atoms with Crippen molar-refractivity contribution in [3.63, 3.8) is 0 Å². The van der Waals surface area contributed by atoms with Gasteiger partial charge in [0.15, 0.2) is 11.6 Å². The highest BCUT2D eigenvalue weighted by Crippen LogP contribution is 2.32. The average molecular weight is 406 g/mol. The molecule has 1 aliphatic heterocycles. The van der Waals surface area contributed by atoms with Crippen LogP contribution in [-0.2, 0) is 0 Å². The van der Waals surface area contributed by atoms with Gasteiger partial charge in [0.25, 0.3) is 17.7 Å². The Kier molecular flexibility index (Phi) is 4.66. The molecule has 1 aliphatic rings. The van der Waals surface area contributed by atoms with E-state index >= 15 is 0 Å². The number of nitrogens with one attached hydrogen (secondary N) is 1. The summed E-state index contributed by atoms with van der Waals surface area (Å²) in [5.41, 5.74) is 2.66. The summed E-state index contributed by atoms with van der Waals surface area (Å²) in [6.07, 6.45) is 0. The monoisotopic (exact) mass is 406 g/mol. The lowest BCUT2D eigenvalue weighted by Crippen LogP contribution is -2.30. The smallest absolute Gasteiger partial charge is 0.266 e. The van der Waals surface area contributed by atoms with Crippen LogP contribution in [0.15, 0.2) is 54.6 Å². The van der Waals surface area contributed by atoms with Crippen LogP contribution in [0.2, 0.25) is 0 Å². The van der Waals surface area contributed by atoms with Crippen molar-refractivity contribution in [2.75, 3.05) is 10.2 Å². The Hall–Kier alpha value is -3.87. The predicted octanol–water partition coefficient (Wildman–Crippen LogP) is 4.63. The van der Waals surface area contributed by atoms with Crippen LogP contribution in [0.1, 0.15) is 42.2 Å². The molecule has 0 bridgehead atoms. The lowest BCUT2D eigenvalue weighted by molar-refractivity contribution is 0.0925. The average Bonchev–Trinajstić information content (AvgIpc) is 2.96. The van der Waals surface area contributed by atoms with E-state index in [1.165, 1.54) is 24.3 Å². The number of rotatable bonds is 3. The molecule has 5 nitrogen and oxygen atoms in total. The molecule has 3 aromatic carbocycles. The van der Waals surface area contributed by atoms with Gasteiger partial charge in [0.1, 0.15) is 0 Å². The highest BCUT2D eigenvalue weighted by atomic mass is 19.2. The third-order valence-corrected chi connectivity index (χ3v) is 4.93. The van der Waals surface area contributed by atoms with Crippen molar-refractivity contribution >= 4 is 29.1 Å². The number of amides is 3. The van der Waals surface area contributed by atoms with E-state index in [2.05, 4.69) is 5.32 Å². The number of hydrogen-bond acceptors (Lipinski definition) is 3. The fraction of sp³-hybridized carbons (Fsp3) is 0.0870. The molecule has 4 rings (SSSR count). The van der Waals surface area contributed by atoms with E-state index in [1.54, 1.807) is 13.0 Å². The van der Waals surface area contributed by atoms with Crippen LogP contribution in [-0.4, -0.2) is 17.7 Å². The van der Waals surface area contributed by atoms with Gasteiger partial charge in [0, 0.05) is 17.3 Å². The van der Waals surface area contributed by atoms with Gasteiger partial charge in [-0.15, -0.1) is 0 Å². The molecule has 0 aromatic heterocycles. The Bertz CT molecular complexity index is 1240. The number of hydrogen-bond donors (Lipinski definition) is 1. The summed E-state index contributed by atoms with van der Waals surface area (Å²) in [5, 5.41) is 2.45. The molecule has 1 heterocycles. The van der Waals surface area contributed by atoms with E-state index in [1.807, 2.05) is 19.1 Å². The summed E-state index contributed by atoms with van der Waals surface area (Å²) in [5.74, 6) is -3.72. The zero-order valence-corrected chi connectivity index (χ0v) is 16.1. The molecule has 0 fully saturated rings. The highest BCUT2D eigenvalue weighted by molar-refractivity contribution is 6.35. The van der Waals surface area contributed by atoms with Gasteiger partial charge in [-0.25, -0.2) is 13.7 Å². The van der Waals surface area contributed by atoms with Crippen molar-refractivity contribution in [3.8, 4) is 0 Å². The Morgan fingerprint density at radius 3 is 2.30 bits per heavy atom. The van der Waals surface area contributed by atoms with Crippen LogP contribution in [0.5, 0.6) is 0 Å². The van der Waals surface area contributed by atoms with Crippen molar-refractivity contribution in [1.29, 1.82) is 0 Å². The van der Waals surface area contributed by atoms with Gasteiger partial charge in [-0.2, -0.15) is 0 Å². The normalized spacial score (nSPS) is 12.9.